The molecule has 0 spiro atoms. The van der Waals surface area contributed by atoms with Crippen molar-refractivity contribution in [2.75, 3.05) is 13.1 Å². The topological polar surface area (TPSA) is 3.24 Å². The van der Waals surface area contributed by atoms with E-state index in [0.717, 1.165) is 6.04 Å². The normalized spacial score (nSPS) is 24.0. The van der Waals surface area contributed by atoms with Crippen molar-refractivity contribution < 1.29 is 0 Å². The third-order valence-corrected chi connectivity index (χ3v) is 3.19. The zero-order valence-electron chi connectivity index (χ0n) is 9.06. The summed E-state index contributed by atoms with van der Waals surface area (Å²) >= 11 is 0. The first kappa shape index (κ1) is 10.0. The summed E-state index contributed by atoms with van der Waals surface area (Å²) in [5, 5.41) is 0. The SMILES string of the molecule is CC(N1CCCCC1)C(C)(C)C. The van der Waals surface area contributed by atoms with Crippen molar-refractivity contribution >= 4 is 0 Å². The highest BCUT2D eigenvalue weighted by Gasteiger charge is 2.26. The van der Waals surface area contributed by atoms with Crippen LogP contribution in [0, 0.1) is 5.41 Å². The van der Waals surface area contributed by atoms with Gasteiger partial charge in [-0.25, -0.2) is 0 Å². The van der Waals surface area contributed by atoms with Crippen molar-refractivity contribution in [2.45, 2.75) is 53.0 Å². The first-order valence-corrected chi connectivity index (χ1v) is 5.26. The number of piperidine rings is 1. The Morgan fingerprint density at radius 3 is 1.92 bits per heavy atom. The molecule has 1 heterocycles. The molecule has 0 aromatic carbocycles. The minimum absolute atomic E-state index is 0.442. The monoisotopic (exact) mass is 169 g/mol. The van der Waals surface area contributed by atoms with Gasteiger partial charge in [0.1, 0.15) is 0 Å². The molecule has 1 aliphatic heterocycles. The number of hydrogen-bond acceptors (Lipinski definition) is 1. The summed E-state index contributed by atoms with van der Waals surface area (Å²) in [6, 6.07) is 0.734. The van der Waals surface area contributed by atoms with Crippen LogP contribution in [0.5, 0.6) is 0 Å². The number of nitrogens with zero attached hydrogens (tertiary/aromatic N) is 1. The van der Waals surface area contributed by atoms with Crippen molar-refractivity contribution in [1.82, 2.24) is 4.90 Å². The fraction of sp³-hybridized carbons (Fsp3) is 1.00. The lowest BCUT2D eigenvalue weighted by atomic mass is 9.86. The highest BCUT2D eigenvalue weighted by atomic mass is 15.2. The van der Waals surface area contributed by atoms with E-state index in [4.69, 9.17) is 0 Å². The fourth-order valence-electron chi connectivity index (χ4n) is 1.85. The summed E-state index contributed by atoms with van der Waals surface area (Å²) in [6.45, 7) is 12.0. The zero-order valence-corrected chi connectivity index (χ0v) is 9.06. The first-order valence-electron chi connectivity index (χ1n) is 5.26. The lowest BCUT2D eigenvalue weighted by Crippen LogP contribution is -2.44. The molecular formula is C11H23N. The number of rotatable bonds is 1. The van der Waals surface area contributed by atoms with Gasteiger partial charge in [0.2, 0.25) is 0 Å². The van der Waals surface area contributed by atoms with Crippen molar-refractivity contribution in [1.29, 1.82) is 0 Å². The van der Waals surface area contributed by atoms with Crippen LogP contribution < -0.4 is 0 Å². The van der Waals surface area contributed by atoms with E-state index < -0.39 is 0 Å². The van der Waals surface area contributed by atoms with Crippen molar-refractivity contribution in [3.8, 4) is 0 Å². The molecule has 1 rings (SSSR count). The minimum Gasteiger partial charge on any atom is -0.300 e. The van der Waals surface area contributed by atoms with Crippen LogP contribution in [0.15, 0.2) is 0 Å². The standard InChI is InChI=1S/C11H23N/c1-10(11(2,3)4)12-8-6-5-7-9-12/h10H,5-9H2,1-4H3. The van der Waals surface area contributed by atoms with Crippen molar-refractivity contribution in [2.24, 2.45) is 5.41 Å². The molecule has 0 bridgehead atoms. The highest BCUT2D eigenvalue weighted by molar-refractivity contribution is 4.80. The molecule has 0 amide bonds. The Bertz CT molecular complexity index is 128. The molecule has 0 aromatic heterocycles. The van der Waals surface area contributed by atoms with Crippen LogP contribution in [0.4, 0.5) is 0 Å². The quantitative estimate of drug-likeness (QED) is 0.583. The van der Waals surface area contributed by atoms with Crippen molar-refractivity contribution in [3.05, 3.63) is 0 Å². The third-order valence-electron chi connectivity index (χ3n) is 3.19. The molecule has 1 unspecified atom stereocenters. The summed E-state index contributed by atoms with van der Waals surface area (Å²) in [5.74, 6) is 0. The second kappa shape index (κ2) is 3.78. The van der Waals surface area contributed by atoms with E-state index in [9.17, 15) is 0 Å². The lowest BCUT2D eigenvalue weighted by Gasteiger charge is -2.39. The minimum atomic E-state index is 0.442. The van der Waals surface area contributed by atoms with Crippen LogP contribution in [-0.4, -0.2) is 24.0 Å². The first-order chi connectivity index (χ1) is 5.52. The molecule has 1 saturated heterocycles. The maximum Gasteiger partial charge on any atom is 0.0115 e. The molecule has 1 atom stereocenters. The van der Waals surface area contributed by atoms with Crippen molar-refractivity contribution in [3.63, 3.8) is 0 Å². The van der Waals surface area contributed by atoms with Gasteiger partial charge >= 0.3 is 0 Å². The summed E-state index contributed by atoms with van der Waals surface area (Å²) in [7, 11) is 0. The summed E-state index contributed by atoms with van der Waals surface area (Å²) in [5.41, 5.74) is 0.442. The maximum absolute atomic E-state index is 2.64. The van der Waals surface area contributed by atoms with Gasteiger partial charge in [-0.2, -0.15) is 0 Å². The Morgan fingerprint density at radius 1 is 1.00 bits per heavy atom. The third kappa shape index (κ3) is 2.48. The fourth-order valence-corrected chi connectivity index (χ4v) is 1.85. The van der Waals surface area contributed by atoms with Gasteiger partial charge in [0, 0.05) is 6.04 Å². The van der Waals surface area contributed by atoms with E-state index in [-0.39, 0.29) is 0 Å². The molecular weight excluding hydrogens is 146 g/mol. The molecule has 1 fully saturated rings. The van der Waals surface area contributed by atoms with Gasteiger partial charge in [0.15, 0.2) is 0 Å². The van der Waals surface area contributed by atoms with Gasteiger partial charge in [-0.3, -0.25) is 0 Å². The Morgan fingerprint density at radius 2 is 1.50 bits per heavy atom. The van der Waals surface area contributed by atoms with E-state index in [2.05, 4.69) is 32.6 Å². The maximum atomic E-state index is 2.64. The van der Waals surface area contributed by atoms with Gasteiger partial charge in [0.05, 0.1) is 0 Å². The van der Waals surface area contributed by atoms with Crippen LogP contribution in [0.3, 0.4) is 0 Å². The summed E-state index contributed by atoms with van der Waals surface area (Å²) < 4.78 is 0. The second-order valence-electron chi connectivity index (χ2n) is 5.14. The van der Waals surface area contributed by atoms with Gasteiger partial charge in [-0.05, 0) is 38.3 Å². The van der Waals surface area contributed by atoms with E-state index in [1.54, 1.807) is 0 Å². The lowest BCUT2D eigenvalue weighted by molar-refractivity contribution is 0.0930. The molecule has 1 heteroatoms. The van der Waals surface area contributed by atoms with Crippen LogP contribution in [0.1, 0.15) is 47.0 Å². The van der Waals surface area contributed by atoms with Gasteiger partial charge in [-0.15, -0.1) is 0 Å². The van der Waals surface area contributed by atoms with Crippen LogP contribution in [-0.2, 0) is 0 Å². The number of hydrogen-bond donors (Lipinski definition) is 0. The average Bonchev–Trinajstić information content (AvgIpc) is 2.03. The van der Waals surface area contributed by atoms with Crippen LogP contribution in [0.25, 0.3) is 0 Å². The van der Waals surface area contributed by atoms with E-state index in [0.29, 0.717) is 5.41 Å². The van der Waals surface area contributed by atoms with E-state index >= 15 is 0 Å². The summed E-state index contributed by atoms with van der Waals surface area (Å²) in [4.78, 5) is 2.64. The molecule has 0 N–H and O–H groups in total. The Labute approximate surface area is 77.1 Å². The molecule has 1 aliphatic rings. The van der Waals surface area contributed by atoms with E-state index in [1.165, 1.54) is 32.4 Å². The Balaban J connectivity index is 2.45. The van der Waals surface area contributed by atoms with Crippen LogP contribution >= 0.6 is 0 Å². The van der Waals surface area contributed by atoms with Gasteiger partial charge < -0.3 is 4.90 Å². The molecule has 72 valence electrons. The average molecular weight is 169 g/mol. The smallest absolute Gasteiger partial charge is 0.0115 e. The molecule has 0 saturated carbocycles. The molecule has 0 aromatic rings. The predicted molar refractivity (Wildman–Crippen MR) is 54.3 cm³/mol. The number of likely N-dealkylation sites (tertiary alicyclic amines) is 1. The highest BCUT2D eigenvalue weighted by Crippen LogP contribution is 2.26. The summed E-state index contributed by atoms with van der Waals surface area (Å²) in [6.07, 6.45) is 4.24. The van der Waals surface area contributed by atoms with E-state index in [1.807, 2.05) is 0 Å². The molecule has 0 aliphatic carbocycles. The Kier molecular flexibility index (Phi) is 3.16. The van der Waals surface area contributed by atoms with Gasteiger partial charge in [0.25, 0.3) is 0 Å². The van der Waals surface area contributed by atoms with Crippen LogP contribution in [0.2, 0.25) is 0 Å². The molecule has 0 radical (unpaired) electrons. The zero-order chi connectivity index (χ0) is 9.19. The second-order valence-corrected chi connectivity index (χ2v) is 5.14. The predicted octanol–water partition coefficient (Wildman–Crippen LogP) is 2.91. The molecule has 1 nitrogen and oxygen atoms in total. The molecule has 12 heavy (non-hydrogen) atoms. The largest absolute Gasteiger partial charge is 0.300 e. The Hall–Kier alpha value is -0.0400. The van der Waals surface area contributed by atoms with Gasteiger partial charge in [-0.1, -0.05) is 27.2 Å².